The number of anilines is 2. The third kappa shape index (κ3) is 4.06. The number of fused-ring (bicyclic) bond motifs is 1. The third-order valence-corrected chi connectivity index (χ3v) is 5.99. The van der Waals surface area contributed by atoms with E-state index in [4.69, 9.17) is 0 Å². The Labute approximate surface area is 185 Å². The largest absolute Gasteiger partial charge is 0.355 e. The highest BCUT2D eigenvalue weighted by Gasteiger charge is 2.27. The highest BCUT2D eigenvalue weighted by Crippen LogP contribution is 2.29. The Morgan fingerprint density at radius 1 is 1.06 bits per heavy atom. The van der Waals surface area contributed by atoms with E-state index in [-0.39, 0.29) is 17.6 Å². The summed E-state index contributed by atoms with van der Waals surface area (Å²) in [5, 5.41) is 7.66. The maximum atomic E-state index is 13.3. The molecule has 32 heavy (non-hydrogen) atoms. The number of carbonyl (C=O) groups excluding carboxylic acids is 1. The molecule has 162 valence electrons. The zero-order valence-corrected chi connectivity index (χ0v) is 17.8. The van der Waals surface area contributed by atoms with Gasteiger partial charge in [-0.3, -0.25) is 4.79 Å². The van der Waals surface area contributed by atoms with Gasteiger partial charge in [0.25, 0.3) is 0 Å². The van der Waals surface area contributed by atoms with E-state index in [1.54, 1.807) is 22.8 Å². The maximum absolute atomic E-state index is 13.3. The third-order valence-electron chi connectivity index (χ3n) is 5.99. The average Bonchev–Trinajstić information content (AvgIpc) is 3.25. The summed E-state index contributed by atoms with van der Waals surface area (Å²) in [7, 11) is 0. The molecule has 1 fully saturated rings. The van der Waals surface area contributed by atoms with E-state index in [1.807, 2.05) is 43.5 Å². The van der Waals surface area contributed by atoms with E-state index in [9.17, 15) is 9.18 Å². The first-order chi connectivity index (χ1) is 15.6. The van der Waals surface area contributed by atoms with Crippen LogP contribution in [-0.4, -0.2) is 33.6 Å². The molecule has 1 aliphatic rings. The van der Waals surface area contributed by atoms with E-state index in [0.717, 1.165) is 54.2 Å². The molecule has 1 saturated heterocycles. The van der Waals surface area contributed by atoms with Gasteiger partial charge in [0, 0.05) is 42.7 Å². The van der Waals surface area contributed by atoms with Crippen molar-refractivity contribution in [3.05, 3.63) is 78.4 Å². The molecule has 5 rings (SSSR count). The Hall–Kier alpha value is -3.74. The number of hydrogen-bond acceptors (Lipinski definition) is 4. The molecule has 3 heterocycles. The van der Waals surface area contributed by atoms with E-state index < -0.39 is 0 Å². The molecule has 0 atom stereocenters. The SMILES string of the molecule is Cc1ccc(NC(=O)C2CCN(c3nccn4nc(-c5ccc(F)cc5)cc34)CC2)cc1. The smallest absolute Gasteiger partial charge is 0.227 e. The van der Waals surface area contributed by atoms with E-state index >= 15 is 0 Å². The van der Waals surface area contributed by atoms with Gasteiger partial charge >= 0.3 is 0 Å². The molecule has 0 aliphatic carbocycles. The van der Waals surface area contributed by atoms with Crippen molar-refractivity contribution in [2.45, 2.75) is 19.8 Å². The Morgan fingerprint density at radius 3 is 2.50 bits per heavy atom. The lowest BCUT2D eigenvalue weighted by Crippen LogP contribution is -2.38. The number of benzene rings is 2. The van der Waals surface area contributed by atoms with Gasteiger partial charge in [-0.05, 0) is 62.2 Å². The van der Waals surface area contributed by atoms with E-state index in [0.29, 0.717) is 0 Å². The normalized spacial score (nSPS) is 14.6. The summed E-state index contributed by atoms with van der Waals surface area (Å²) in [6.07, 6.45) is 5.08. The molecule has 1 aliphatic heterocycles. The van der Waals surface area contributed by atoms with Crippen molar-refractivity contribution in [2.75, 3.05) is 23.3 Å². The van der Waals surface area contributed by atoms with Crippen LogP contribution >= 0.6 is 0 Å². The highest BCUT2D eigenvalue weighted by atomic mass is 19.1. The molecular weight excluding hydrogens is 405 g/mol. The molecule has 7 heteroatoms. The molecule has 2 aromatic carbocycles. The summed E-state index contributed by atoms with van der Waals surface area (Å²) in [5.74, 6) is 0.634. The maximum Gasteiger partial charge on any atom is 0.227 e. The summed E-state index contributed by atoms with van der Waals surface area (Å²) in [6, 6.07) is 16.2. The van der Waals surface area contributed by atoms with E-state index in [1.165, 1.54) is 17.7 Å². The standard InChI is InChI=1S/C25H24FN5O/c1-17-2-8-21(9-3-17)28-25(32)19-10-13-30(14-11-19)24-23-16-22(29-31(23)15-12-27-24)18-4-6-20(26)7-5-18/h2-9,12,15-16,19H,10-11,13-14H2,1H3,(H,28,32). The van der Waals surface area contributed by atoms with Crippen LogP contribution in [0.3, 0.4) is 0 Å². The number of piperidine rings is 1. The van der Waals surface area contributed by atoms with Crippen LogP contribution in [0.15, 0.2) is 67.0 Å². The first-order valence-corrected chi connectivity index (χ1v) is 10.8. The van der Waals surface area contributed by atoms with Gasteiger partial charge in [0.15, 0.2) is 5.82 Å². The van der Waals surface area contributed by atoms with Crippen molar-refractivity contribution in [3.8, 4) is 11.3 Å². The first-order valence-electron chi connectivity index (χ1n) is 10.8. The number of nitrogens with zero attached hydrogens (tertiary/aromatic N) is 4. The van der Waals surface area contributed by atoms with Gasteiger partial charge in [0.1, 0.15) is 11.3 Å². The Balaban J connectivity index is 1.30. The van der Waals surface area contributed by atoms with Crippen molar-refractivity contribution in [3.63, 3.8) is 0 Å². The van der Waals surface area contributed by atoms with Crippen molar-refractivity contribution in [2.24, 2.45) is 5.92 Å². The predicted octanol–water partition coefficient (Wildman–Crippen LogP) is 4.70. The number of aryl methyl sites for hydroxylation is 1. The molecule has 1 amide bonds. The fraction of sp³-hybridized carbons (Fsp3) is 0.240. The average molecular weight is 429 g/mol. The molecule has 0 saturated carbocycles. The zero-order valence-electron chi connectivity index (χ0n) is 17.8. The van der Waals surface area contributed by atoms with Gasteiger partial charge in [-0.2, -0.15) is 5.10 Å². The predicted molar refractivity (Wildman–Crippen MR) is 123 cm³/mol. The second-order valence-electron chi connectivity index (χ2n) is 8.23. The lowest BCUT2D eigenvalue weighted by molar-refractivity contribution is -0.120. The lowest BCUT2D eigenvalue weighted by Gasteiger charge is -2.32. The van der Waals surface area contributed by atoms with Gasteiger partial charge in [0.2, 0.25) is 5.91 Å². The van der Waals surface area contributed by atoms with E-state index in [2.05, 4.69) is 20.3 Å². The molecular formula is C25H24FN5O. The molecule has 1 N–H and O–H groups in total. The first kappa shape index (κ1) is 20.2. The monoisotopic (exact) mass is 429 g/mol. The molecule has 2 aromatic heterocycles. The fourth-order valence-electron chi connectivity index (χ4n) is 4.15. The van der Waals surface area contributed by atoms with Gasteiger partial charge < -0.3 is 10.2 Å². The van der Waals surface area contributed by atoms with Gasteiger partial charge in [-0.1, -0.05) is 17.7 Å². The summed E-state index contributed by atoms with van der Waals surface area (Å²) >= 11 is 0. The minimum atomic E-state index is -0.269. The van der Waals surface area contributed by atoms with Crippen molar-refractivity contribution >= 4 is 22.9 Å². The highest BCUT2D eigenvalue weighted by molar-refractivity contribution is 5.92. The molecule has 0 bridgehead atoms. The summed E-state index contributed by atoms with van der Waals surface area (Å²) in [6.45, 7) is 3.52. The second-order valence-corrected chi connectivity index (χ2v) is 8.23. The fourth-order valence-corrected chi connectivity index (χ4v) is 4.15. The topological polar surface area (TPSA) is 62.5 Å². The Kier molecular flexibility index (Phi) is 5.31. The number of rotatable bonds is 4. The van der Waals surface area contributed by atoms with Crippen molar-refractivity contribution < 1.29 is 9.18 Å². The van der Waals surface area contributed by atoms with Crippen LogP contribution in [-0.2, 0) is 4.79 Å². The van der Waals surface area contributed by atoms with Gasteiger partial charge in [-0.25, -0.2) is 13.9 Å². The van der Waals surface area contributed by atoms with Crippen molar-refractivity contribution in [1.82, 2.24) is 14.6 Å². The van der Waals surface area contributed by atoms with Crippen LogP contribution in [0.4, 0.5) is 15.9 Å². The van der Waals surface area contributed by atoms with Crippen LogP contribution in [0, 0.1) is 18.7 Å². The number of halogens is 1. The quantitative estimate of drug-likeness (QED) is 0.511. The molecule has 6 nitrogen and oxygen atoms in total. The Morgan fingerprint density at radius 2 is 1.78 bits per heavy atom. The Bertz CT molecular complexity index is 1240. The number of aromatic nitrogens is 3. The number of nitrogens with one attached hydrogen (secondary N) is 1. The van der Waals surface area contributed by atoms with Crippen LogP contribution < -0.4 is 10.2 Å². The lowest BCUT2D eigenvalue weighted by atomic mass is 9.95. The summed E-state index contributed by atoms with van der Waals surface area (Å²) in [4.78, 5) is 19.5. The van der Waals surface area contributed by atoms with Gasteiger partial charge in [0.05, 0.1) is 5.69 Å². The molecule has 0 radical (unpaired) electrons. The number of hydrogen-bond donors (Lipinski definition) is 1. The number of amides is 1. The van der Waals surface area contributed by atoms with Gasteiger partial charge in [-0.15, -0.1) is 0 Å². The summed E-state index contributed by atoms with van der Waals surface area (Å²) < 4.78 is 15.1. The minimum absolute atomic E-state index is 0.0213. The molecule has 0 spiro atoms. The van der Waals surface area contributed by atoms with Crippen LogP contribution in [0.25, 0.3) is 16.8 Å². The van der Waals surface area contributed by atoms with Crippen LogP contribution in [0.5, 0.6) is 0 Å². The number of carbonyl (C=O) groups is 1. The zero-order chi connectivity index (χ0) is 22.1. The summed E-state index contributed by atoms with van der Waals surface area (Å²) in [5.41, 5.74) is 4.52. The molecule has 4 aromatic rings. The van der Waals surface area contributed by atoms with Crippen LogP contribution in [0.2, 0.25) is 0 Å². The van der Waals surface area contributed by atoms with Crippen LogP contribution in [0.1, 0.15) is 18.4 Å². The minimum Gasteiger partial charge on any atom is -0.355 e. The second kappa shape index (κ2) is 8.42. The molecule has 0 unspecified atom stereocenters. The van der Waals surface area contributed by atoms with Crippen molar-refractivity contribution in [1.29, 1.82) is 0 Å².